The molecule has 0 aliphatic heterocycles. The molecule has 0 aromatic heterocycles. The lowest BCUT2D eigenvalue weighted by Crippen LogP contribution is -2.20. The second-order valence-electron chi connectivity index (χ2n) is 4.58. The van der Waals surface area contributed by atoms with E-state index in [4.69, 9.17) is 5.11 Å². The molecule has 0 aliphatic rings. The average Bonchev–Trinajstić information content (AvgIpc) is 2.23. The monoisotopic (exact) mass is 221 g/mol. The summed E-state index contributed by atoms with van der Waals surface area (Å²) in [4.78, 5) is 2.28. The van der Waals surface area contributed by atoms with Gasteiger partial charge in [-0.05, 0) is 56.4 Å². The largest absolute Gasteiger partial charge is 0.396 e. The molecule has 0 bridgehead atoms. The Morgan fingerprint density at radius 3 is 2.25 bits per heavy atom. The van der Waals surface area contributed by atoms with Crippen LogP contribution in [0.25, 0.3) is 0 Å². The molecule has 0 radical (unpaired) electrons. The molecule has 2 nitrogen and oxygen atoms in total. The fourth-order valence-electron chi connectivity index (χ4n) is 1.94. The first kappa shape index (κ1) is 13.0. The Morgan fingerprint density at radius 2 is 1.62 bits per heavy atom. The standard InChI is InChI=1S/C14H23NO/c1-11-9-13(3)14(10-12(11)2)15(4)7-5-6-8-16/h9-10,16H,5-8H2,1-4H3. The number of aliphatic hydroxyl groups excluding tert-OH is 1. The summed E-state index contributed by atoms with van der Waals surface area (Å²) in [5.41, 5.74) is 5.33. The summed E-state index contributed by atoms with van der Waals surface area (Å²) in [5, 5.41) is 8.77. The SMILES string of the molecule is Cc1cc(C)c(N(C)CCCCO)cc1C. The van der Waals surface area contributed by atoms with Crippen molar-refractivity contribution in [3.05, 3.63) is 28.8 Å². The fraction of sp³-hybridized carbons (Fsp3) is 0.571. The van der Waals surface area contributed by atoms with Crippen molar-refractivity contribution in [3.8, 4) is 0 Å². The van der Waals surface area contributed by atoms with Gasteiger partial charge in [0.25, 0.3) is 0 Å². The molecule has 2 heteroatoms. The van der Waals surface area contributed by atoms with Crippen LogP contribution in [0.15, 0.2) is 12.1 Å². The van der Waals surface area contributed by atoms with Crippen LogP contribution in [-0.4, -0.2) is 25.3 Å². The molecule has 0 saturated carbocycles. The maximum atomic E-state index is 8.77. The molecular formula is C14H23NO. The lowest BCUT2D eigenvalue weighted by molar-refractivity contribution is 0.285. The van der Waals surface area contributed by atoms with Gasteiger partial charge in [0.1, 0.15) is 0 Å². The number of hydrogen-bond acceptors (Lipinski definition) is 2. The van der Waals surface area contributed by atoms with E-state index in [0.717, 1.165) is 19.4 Å². The smallest absolute Gasteiger partial charge is 0.0431 e. The van der Waals surface area contributed by atoms with Crippen LogP contribution in [0.3, 0.4) is 0 Å². The van der Waals surface area contributed by atoms with Crippen LogP contribution in [0.2, 0.25) is 0 Å². The molecule has 90 valence electrons. The Balaban J connectivity index is 2.75. The first-order valence-electron chi connectivity index (χ1n) is 5.96. The zero-order valence-corrected chi connectivity index (χ0v) is 10.9. The third-order valence-electron chi connectivity index (χ3n) is 3.13. The topological polar surface area (TPSA) is 23.5 Å². The van der Waals surface area contributed by atoms with E-state index in [0.29, 0.717) is 6.61 Å². The van der Waals surface area contributed by atoms with Gasteiger partial charge >= 0.3 is 0 Å². The number of rotatable bonds is 5. The van der Waals surface area contributed by atoms with E-state index < -0.39 is 0 Å². The Kier molecular flexibility index (Phi) is 4.81. The molecular weight excluding hydrogens is 198 g/mol. The number of nitrogens with zero attached hydrogens (tertiary/aromatic N) is 1. The van der Waals surface area contributed by atoms with Crippen molar-refractivity contribution in [1.29, 1.82) is 0 Å². The molecule has 1 aromatic carbocycles. The van der Waals surface area contributed by atoms with E-state index in [9.17, 15) is 0 Å². The van der Waals surface area contributed by atoms with E-state index in [1.165, 1.54) is 22.4 Å². The van der Waals surface area contributed by atoms with E-state index in [-0.39, 0.29) is 0 Å². The third kappa shape index (κ3) is 3.24. The van der Waals surface area contributed by atoms with Gasteiger partial charge in [0.2, 0.25) is 0 Å². The summed E-state index contributed by atoms with van der Waals surface area (Å²) in [6.45, 7) is 7.76. The van der Waals surface area contributed by atoms with Crippen LogP contribution < -0.4 is 4.90 Å². The number of aryl methyl sites for hydroxylation is 3. The summed E-state index contributed by atoms with van der Waals surface area (Å²) in [5.74, 6) is 0. The van der Waals surface area contributed by atoms with Gasteiger partial charge in [-0.1, -0.05) is 6.07 Å². The van der Waals surface area contributed by atoms with Crippen LogP contribution in [0.4, 0.5) is 5.69 Å². The number of anilines is 1. The Hall–Kier alpha value is -1.02. The maximum Gasteiger partial charge on any atom is 0.0431 e. The maximum absolute atomic E-state index is 8.77. The molecule has 1 rings (SSSR count). The van der Waals surface area contributed by atoms with Gasteiger partial charge in [-0.25, -0.2) is 0 Å². The zero-order chi connectivity index (χ0) is 12.1. The van der Waals surface area contributed by atoms with Gasteiger partial charge in [0.05, 0.1) is 0 Å². The van der Waals surface area contributed by atoms with Gasteiger partial charge < -0.3 is 10.0 Å². The molecule has 0 saturated heterocycles. The molecule has 16 heavy (non-hydrogen) atoms. The fourth-order valence-corrected chi connectivity index (χ4v) is 1.94. The number of unbranched alkanes of at least 4 members (excludes halogenated alkanes) is 1. The predicted octanol–water partition coefficient (Wildman–Crippen LogP) is 2.82. The lowest BCUT2D eigenvalue weighted by Gasteiger charge is -2.22. The highest BCUT2D eigenvalue weighted by molar-refractivity contribution is 5.56. The molecule has 0 aliphatic carbocycles. The van der Waals surface area contributed by atoms with Crippen molar-refractivity contribution in [1.82, 2.24) is 0 Å². The van der Waals surface area contributed by atoms with E-state index in [1.807, 2.05) is 0 Å². The third-order valence-corrected chi connectivity index (χ3v) is 3.13. The number of aliphatic hydroxyl groups is 1. The van der Waals surface area contributed by atoms with Crippen molar-refractivity contribution in [2.45, 2.75) is 33.6 Å². The Labute approximate surface area is 98.9 Å². The van der Waals surface area contributed by atoms with Crippen molar-refractivity contribution < 1.29 is 5.11 Å². The first-order chi connectivity index (χ1) is 7.56. The van der Waals surface area contributed by atoms with Crippen LogP contribution in [0.1, 0.15) is 29.5 Å². The molecule has 0 spiro atoms. The quantitative estimate of drug-likeness (QED) is 0.773. The highest BCUT2D eigenvalue weighted by Crippen LogP contribution is 2.23. The van der Waals surface area contributed by atoms with Crippen LogP contribution in [0.5, 0.6) is 0 Å². The lowest BCUT2D eigenvalue weighted by atomic mass is 10.0. The van der Waals surface area contributed by atoms with E-state index in [2.05, 4.69) is 44.9 Å². The summed E-state index contributed by atoms with van der Waals surface area (Å²) < 4.78 is 0. The molecule has 0 fully saturated rings. The second-order valence-corrected chi connectivity index (χ2v) is 4.58. The van der Waals surface area contributed by atoms with Crippen molar-refractivity contribution in [3.63, 3.8) is 0 Å². The Morgan fingerprint density at radius 1 is 1.00 bits per heavy atom. The van der Waals surface area contributed by atoms with E-state index >= 15 is 0 Å². The van der Waals surface area contributed by atoms with Crippen LogP contribution in [-0.2, 0) is 0 Å². The minimum absolute atomic E-state index is 0.291. The highest BCUT2D eigenvalue weighted by atomic mass is 16.2. The summed E-state index contributed by atoms with van der Waals surface area (Å²) in [6.07, 6.45) is 1.92. The van der Waals surface area contributed by atoms with E-state index in [1.54, 1.807) is 0 Å². The van der Waals surface area contributed by atoms with Gasteiger partial charge in [-0.15, -0.1) is 0 Å². The summed E-state index contributed by atoms with van der Waals surface area (Å²) in [6, 6.07) is 4.50. The summed E-state index contributed by atoms with van der Waals surface area (Å²) in [7, 11) is 2.12. The molecule has 0 heterocycles. The van der Waals surface area contributed by atoms with Gasteiger partial charge in [-0.2, -0.15) is 0 Å². The van der Waals surface area contributed by atoms with Crippen molar-refractivity contribution in [2.24, 2.45) is 0 Å². The van der Waals surface area contributed by atoms with Gasteiger partial charge in [0.15, 0.2) is 0 Å². The van der Waals surface area contributed by atoms with Gasteiger partial charge in [0, 0.05) is 25.9 Å². The second kappa shape index (κ2) is 5.90. The minimum Gasteiger partial charge on any atom is -0.396 e. The Bertz CT molecular complexity index is 347. The first-order valence-corrected chi connectivity index (χ1v) is 5.96. The highest BCUT2D eigenvalue weighted by Gasteiger charge is 2.06. The van der Waals surface area contributed by atoms with Crippen LogP contribution in [0, 0.1) is 20.8 Å². The molecule has 1 aromatic rings. The number of benzene rings is 1. The van der Waals surface area contributed by atoms with Crippen molar-refractivity contribution in [2.75, 3.05) is 25.1 Å². The van der Waals surface area contributed by atoms with Gasteiger partial charge in [-0.3, -0.25) is 0 Å². The van der Waals surface area contributed by atoms with Crippen molar-refractivity contribution >= 4 is 5.69 Å². The number of hydrogen-bond donors (Lipinski definition) is 1. The molecule has 0 unspecified atom stereocenters. The predicted molar refractivity (Wildman–Crippen MR) is 70.2 cm³/mol. The van der Waals surface area contributed by atoms with Crippen LogP contribution >= 0.6 is 0 Å². The minimum atomic E-state index is 0.291. The zero-order valence-electron chi connectivity index (χ0n) is 10.9. The molecule has 1 N–H and O–H groups in total. The molecule has 0 amide bonds. The average molecular weight is 221 g/mol. The summed E-state index contributed by atoms with van der Waals surface area (Å²) >= 11 is 0. The normalized spacial score (nSPS) is 10.6. The molecule has 0 atom stereocenters.